The zero-order valence-corrected chi connectivity index (χ0v) is 23.0. The lowest BCUT2D eigenvalue weighted by Crippen LogP contribution is -2.51. The first-order valence-corrected chi connectivity index (χ1v) is 14.9. The molecule has 0 N–H and O–H groups in total. The van der Waals surface area contributed by atoms with Crippen LogP contribution in [0.1, 0.15) is 112 Å². The third kappa shape index (κ3) is 4.82. The van der Waals surface area contributed by atoms with Crippen LogP contribution in [0, 0.1) is 46.3 Å². The second-order valence-electron chi connectivity index (χ2n) is 13.7. The van der Waals surface area contributed by atoms with E-state index in [1.54, 1.807) is 5.57 Å². The summed E-state index contributed by atoms with van der Waals surface area (Å²) in [5.74, 6) is 5.13. The Balaban J connectivity index is 1.22. The predicted octanol–water partition coefficient (Wildman–Crippen LogP) is 8.30. The van der Waals surface area contributed by atoms with E-state index < -0.39 is 12.4 Å². The lowest BCUT2D eigenvalue weighted by atomic mass is 9.47. The van der Waals surface area contributed by atoms with Crippen molar-refractivity contribution in [3.8, 4) is 0 Å². The van der Waals surface area contributed by atoms with Crippen molar-refractivity contribution in [3.63, 3.8) is 0 Å². The van der Waals surface area contributed by atoms with Crippen molar-refractivity contribution < 1.29 is 19.0 Å². The summed E-state index contributed by atoms with van der Waals surface area (Å²) in [7, 11) is 0. The monoisotopic (exact) mass is 486 g/mol. The molecule has 35 heavy (non-hydrogen) atoms. The fourth-order valence-electron chi connectivity index (χ4n) is 9.33. The fraction of sp³-hybridized carbons (Fsp3) is 0.903. The largest absolute Gasteiger partial charge is 0.510 e. The molecular formula is C31H50O4. The van der Waals surface area contributed by atoms with Gasteiger partial charge in [-0.05, 0) is 91.3 Å². The normalized spacial score (nSPS) is 43.3. The van der Waals surface area contributed by atoms with Crippen molar-refractivity contribution in [2.45, 2.75) is 124 Å². The van der Waals surface area contributed by atoms with Gasteiger partial charge in [-0.2, -0.15) is 0 Å². The van der Waals surface area contributed by atoms with Crippen LogP contribution >= 0.6 is 0 Å². The number of allylic oxidation sites excluding steroid dienone is 1. The summed E-state index contributed by atoms with van der Waals surface area (Å²) in [6.45, 7) is 13.2. The Bertz CT molecular complexity index is 800. The predicted molar refractivity (Wildman–Crippen MR) is 139 cm³/mol. The van der Waals surface area contributed by atoms with Gasteiger partial charge in [0.15, 0.2) is 0 Å². The summed E-state index contributed by atoms with van der Waals surface area (Å²) in [6.07, 6.45) is 16.4. The summed E-state index contributed by atoms with van der Waals surface area (Å²) in [4.78, 5) is 12.2. The zero-order valence-electron chi connectivity index (χ0n) is 23.0. The molecule has 198 valence electrons. The lowest BCUT2D eigenvalue weighted by molar-refractivity contribution is -0.196. The molecule has 0 amide bonds. The minimum Gasteiger partial charge on any atom is -0.431 e. The highest BCUT2D eigenvalue weighted by Crippen LogP contribution is 2.67. The molecular weight excluding hydrogens is 436 g/mol. The van der Waals surface area contributed by atoms with Crippen LogP contribution in [0.3, 0.4) is 0 Å². The maximum absolute atomic E-state index is 12.2. The molecule has 4 nitrogen and oxygen atoms in total. The molecule has 0 aromatic heterocycles. The highest BCUT2D eigenvalue weighted by Gasteiger charge is 2.59. The fourth-order valence-corrected chi connectivity index (χ4v) is 9.33. The highest BCUT2D eigenvalue weighted by molar-refractivity contribution is 5.60. The third-order valence-corrected chi connectivity index (χ3v) is 11.4. The average molecular weight is 487 g/mol. The van der Waals surface area contributed by atoms with Crippen LogP contribution in [0.2, 0.25) is 0 Å². The summed E-state index contributed by atoms with van der Waals surface area (Å²) >= 11 is 0. The Morgan fingerprint density at radius 1 is 1.03 bits per heavy atom. The summed E-state index contributed by atoms with van der Waals surface area (Å²) < 4.78 is 16.2. The SMILES string of the molecule is CC(C)CCCC(C)C1CCC2C3CC=C4C[C@@H](OC(=O)OC5CCO5)CCC4(C)C3CCC12C. The van der Waals surface area contributed by atoms with Gasteiger partial charge in [-0.1, -0.05) is 65.5 Å². The van der Waals surface area contributed by atoms with Gasteiger partial charge in [0, 0.05) is 12.8 Å². The molecule has 4 fully saturated rings. The van der Waals surface area contributed by atoms with E-state index >= 15 is 0 Å². The van der Waals surface area contributed by atoms with E-state index in [1.807, 2.05) is 0 Å². The second kappa shape index (κ2) is 10.0. The molecule has 9 atom stereocenters. The molecule has 5 rings (SSSR count). The zero-order chi connectivity index (χ0) is 24.8. The summed E-state index contributed by atoms with van der Waals surface area (Å²) in [6, 6.07) is 0. The minimum absolute atomic E-state index is 0.0464. The number of fused-ring (bicyclic) bond motifs is 5. The van der Waals surface area contributed by atoms with Crippen LogP contribution in [0.4, 0.5) is 4.79 Å². The Hall–Kier alpha value is -1.03. The smallest absolute Gasteiger partial charge is 0.431 e. The van der Waals surface area contributed by atoms with Crippen LogP contribution < -0.4 is 0 Å². The number of ether oxygens (including phenoxy) is 3. The molecule has 1 heterocycles. The van der Waals surface area contributed by atoms with E-state index in [1.165, 1.54) is 51.4 Å². The first kappa shape index (κ1) is 25.6. The number of carbonyl (C=O) groups is 1. The molecule has 0 radical (unpaired) electrons. The molecule has 8 unspecified atom stereocenters. The molecule has 5 aliphatic rings. The van der Waals surface area contributed by atoms with Gasteiger partial charge in [0.2, 0.25) is 6.29 Å². The Labute approximate surface area is 213 Å². The third-order valence-electron chi connectivity index (χ3n) is 11.4. The standard InChI is InChI=1S/C31H50O4/c1-20(2)7-6-8-21(3)25-11-12-26-24-10-9-22-19-23(34-29(32)35-28-15-18-33-28)13-16-30(22,4)27(24)14-17-31(25,26)5/h9,20-21,23-28H,6-8,10-19H2,1-5H3/t21?,23-,24?,25?,26?,27?,28?,30?,31?/m0/s1. The van der Waals surface area contributed by atoms with Crippen LogP contribution in [0.25, 0.3) is 0 Å². The lowest BCUT2D eigenvalue weighted by Gasteiger charge is -2.58. The highest BCUT2D eigenvalue weighted by atomic mass is 16.8. The van der Waals surface area contributed by atoms with Crippen LogP contribution in [0.5, 0.6) is 0 Å². The molecule has 1 aliphatic heterocycles. The number of hydrogen-bond donors (Lipinski definition) is 0. The van der Waals surface area contributed by atoms with Gasteiger partial charge in [-0.15, -0.1) is 0 Å². The molecule has 0 spiro atoms. The van der Waals surface area contributed by atoms with Crippen LogP contribution in [-0.2, 0) is 14.2 Å². The van der Waals surface area contributed by atoms with Crippen molar-refractivity contribution in [1.82, 2.24) is 0 Å². The van der Waals surface area contributed by atoms with E-state index in [0.717, 1.165) is 61.2 Å². The Morgan fingerprint density at radius 3 is 2.54 bits per heavy atom. The van der Waals surface area contributed by atoms with Gasteiger partial charge in [0.05, 0.1) is 6.61 Å². The summed E-state index contributed by atoms with van der Waals surface area (Å²) in [5.41, 5.74) is 2.38. The van der Waals surface area contributed by atoms with Crippen molar-refractivity contribution in [1.29, 1.82) is 0 Å². The van der Waals surface area contributed by atoms with Crippen molar-refractivity contribution in [2.75, 3.05) is 6.61 Å². The molecule has 3 saturated carbocycles. The molecule has 0 aromatic carbocycles. The van der Waals surface area contributed by atoms with E-state index in [-0.39, 0.29) is 11.5 Å². The Morgan fingerprint density at radius 2 is 1.83 bits per heavy atom. The topological polar surface area (TPSA) is 44.8 Å². The van der Waals surface area contributed by atoms with E-state index in [4.69, 9.17) is 14.2 Å². The van der Waals surface area contributed by atoms with Crippen molar-refractivity contribution in [3.05, 3.63) is 11.6 Å². The first-order chi connectivity index (χ1) is 16.7. The van der Waals surface area contributed by atoms with Gasteiger partial charge in [-0.25, -0.2) is 4.79 Å². The van der Waals surface area contributed by atoms with E-state index in [9.17, 15) is 4.79 Å². The summed E-state index contributed by atoms with van der Waals surface area (Å²) in [5, 5.41) is 0. The van der Waals surface area contributed by atoms with Crippen LogP contribution in [-0.4, -0.2) is 25.2 Å². The van der Waals surface area contributed by atoms with E-state index in [0.29, 0.717) is 12.0 Å². The average Bonchev–Trinajstić information content (AvgIpc) is 3.13. The number of carbonyl (C=O) groups excluding carboxylic acids is 1. The maximum atomic E-state index is 12.2. The molecule has 4 heteroatoms. The molecule has 1 saturated heterocycles. The molecule has 0 aromatic rings. The molecule has 0 bridgehead atoms. The second-order valence-corrected chi connectivity index (χ2v) is 13.7. The van der Waals surface area contributed by atoms with Gasteiger partial charge in [0.25, 0.3) is 0 Å². The first-order valence-electron chi connectivity index (χ1n) is 14.9. The van der Waals surface area contributed by atoms with E-state index in [2.05, 4.69) is 40.7 Å². The van der Waals surface area contributed by atoms with Crippen molar-refractivity contribution >= 4 is 6.16 Å². The molecule has 4 aliphatic carbocycles. The van der Waals surface area contributed by atoms with Crippen LogP contribution in [0.15, 0.2) is 11.6 Å². The van der Waals surface area contributed by atoms with Crippen molar-refractivity contribution in [2.24, 2.45) is 46.3 Å². The van der Waals surface area contributed by atoms with Gasteiger partial charge >= 0.3 is 6.16 Å². The van der Waals surface area contributed by atoms with Gasteiger partial charge in [-0.3, -0.25) is 0 Å². The van der Waals surface area contributed by atoms with Gasteiger partial charge < -0.3 is 14.2 Å². The van der Waals surface area contributed by atoms with Gasteiger partial charge in [0.1, 0.15) is 6.10 Å². The Kier molecular flexibility index (Phi) is 7.34. The number of rotatable bonds is 7. The number of hydrogen-bond acceptors (Lipinski definition) is 4. The quantitative estimate of drug-likeness (QED) is 0.268. The minimum atomic E-state index is -0.550. The maximum Gasteiger partial charge on any atom is 0.510 e.